The van der Waals surface area contributed by atoms with E-state index in [9.17, 15) is 0 Å². The molecule has 0 bridgehead atoms. The van der Waals surface area contributed by atoms with E-state index < -0.39 is 0 Å². The number of ether oxygens (including phenoxy) is 2. The number of nitrogens with zero attached hydrogens (tertiary/aromatic N) is 2. The third kappa shape index (κ3) is 8.57. The molecule has 1 aliphatic carbocycles. The van der Waals surface area contributed by atoms with Gasteiger partial charge in [0.15, 0.2) is 0 Å². The molecular formula is C22H35N3O2. The maximum Gasteiger partial charge on any atom is 0.144 e. The summed E-state index contributed by atoms with van der Waals surface area (Å²) in [6.07, 6.45) is 10.5. The Morgan fingerprint density at radius 1 is 0.963 bits per heavy atom. The number of rotatable bonds is 8. The first-order chi connectivity index (χ1) is 12.6. The number of hydrogen-bond acceptors (Lipinski definition) is 5. The van der Waals surface area contributed by atoms with E-state index in [1.165, 1.54) is 5.57 Å². The average Bonchev–Trinajstić information content (AvgIpc) is 2.57. The second kappa shape index (κ2) is 9.36. The van der Waals surface area contributed by atoms with Crippen LogP contribution < -0.4 is 5.32 Å². The van der Waals surface area contributed by atoms with Gasteiger partial charge in [0, 0.05) is 25.0 Å². The first-order valence-electron chi connectivity index (χ1n) is 9.83. The third-order valence-corrected chi connectivity index (χ3v) is 3.85. The lowest BCUT2D eigenvalue weighted by molar-refractivity contribution is 0.0572. The summed E-state index contributed by atoms with van der Waals surface area (Å²) in [4.78, 5) is 9.02. The van der Waals surface area contributed by atoms with Crippen molar-refractivity contribution in [3.8, 4) is 0 Å². The topological polar surface area (TPSA) is 56.3 Å². The minimum atomic E-state index is -0.0208. The molecule has 1 N–H and O–H groups in total. The van der Waals surface area contributed by atoms with Crippen molar-refractivity contribution in [2.75, 3.05) is 25.1 Å². The van der Waals surface area contributed by atoms with Gasteiger partial charge >= 0.3 is 0 Å². The van der Waals surface area contributed by atoms with E-state index in [1.807, 2.05) is 6.20 Å². The van der Waals surface area contributed by atoms with Gasteiger partial charge < -0.3 is 14.8 Å². The van der Waals surface area contributed by atoms with Gasteiger partial charge in [-0.05, 0) is 44.3 Å². The van der Waals surface area contributed by atoms with Gasteiger partial charge in [-0.15, -0.1) is 0 Å². The molecule has 5 heteroatoms. The van der Waals surface area contributed by atoms with Crippen LogP contribution >= 0.6 is 0 Å². The van der Waals surface area contributed by atoms with E-state index in [1.54, 1.807) is 6.20 Å². The van der Waals surface area contributed by atoms with Crippen LogP contribution in [-0.2, 0) is 9.47 Å². The molecule has 0 aromatic carbocycles. The maximum atomic E-state index is 5.86. The molecule has 27 heavy (non-hydrogen) atoms. The Bertz CT molecular complexity index is 650. The summed E-state index contributed by atoms with van der Waals surface area (Å²) in [5, 5.41) is 3.33. The Labute approximate surface area is 164 Å². The second-order valence-corrected chi connectivity index (χ2v) is 9.30. The van der Waals surface area contributed by atoms with Crippen molar-refractivity contribution in [2.24, 2.45) is 5.41 Å². The predicted molar refractivity (Wildman–Crippen MR) is 112 cm³/mol. The van der Waals surface area contributed by atoms with Gasteiger partial charge in [-0.2, -0.15) is 0 Å². The molecule has 0 unspecified atom stereocenters. The largest absolute Gasteiger partial charge is 0.498 e. The Morgan fingerprint density at radius 3 is 2.30 bits per heavy atom. The van der Waals surface area contributed by atoms with Gasteiger partial charge in [0.25, 0.3) is 0 Å². The highest BCUT2D eigenvalue weighted by Crippen LogP contribution is 2.26. The van der Waals surface area contributed by atoms with E-state index in [2.05, 4.69) is 69.0 Å². The average molecular weight is 374 g/mol. The number of anilines is 1. The molecule has 150 valence electrons. The van der Waals surface area contributed by atoms with Crippen LogP contribution in [-0.4, -0.2) is 35.3 Å². The third-order valence-electron chi connectivity index (χ3n) is 3.85. The Balaban J connectivity index is 1.77. The molecule has 2 rings (SSSR count). The molecule has 0 saturated carbocycles. The van der Waals surface area contributed by atoms with Gasteiger partial charge in [-0.25, -0.2) is 4.98 Å². The van der Waals surface area contributed by atoms with Crippen LogP contribution in [0.2, 0.25) is 0 Å². The second-order valence-electron chi connectivity index (χ2n) is 9.30. The normalized spacial score (nSPS) is 15.2. The minimum absolute atomic E-state index is 0.0208. The zero-order valence-corrected chi connectivity index (χ0v) is 17.8. The molecule has 0 radical (unpaired) electrons. The summed E-state index contributed by atoms with van der Waals surface area (Å²) in [7, 11) is 0. The molecule has 0 fully saturated rings. The van der Waals surface area contributed by atoms with E-state index in [4.69, 9.17) is 9.47 Å². The molecule has 5 nitrogen and oxygen atoms in total. The number of nitrogens with one attached hydrogen (secondary N) is 1. The highest BCUT2D eigenvalue weighted by molar-refractivity contribution is 5.65. The first kappa shape index (κ1) is 21.4. The molecule has 0 spiro atoms. The zero-order chi connectivity index (χ0) is 19.9. The van der Waals surface area contributed by atoms with E-state index in [-0.39, 0.29) is 11.0 Å². The maximum absolute atomic E-state index is 5.86. The van der Waals surface area contributed by atoms with E-state index >= 15 is 0 Å². The summed E-state index contributed by atoms with van der Waals surface area (Å²) in [6, 6.07) is 0. The summed E-state index contributed by atoms with van der Waals surface area (Å²) < 4.78 is 11.5. The summed E-state index contributed by atoms with van der Waals surface area (Å²) in [5.41, 5.74) is 2.33. The van der Waals surface area contributed by atoms with Crippen molar-refractivity contribution in [2.45, 2.75) is 66.3 Å². The van der Waals surface area contributed by atoms with Crippen LogP contribution in [0.3, 0.4) is 0 Å². The van der Waals surface area contributed by atoms with Crippen LogP contribution in [0.1, 0.15) is 66.5 Å². The van der Waals surface area contributed by atoms with Crippen LogP contribution in [0.5, 0.6) is 0 Å². The number of allylic oxidation sites excluding steroid dienone is 4. The Hall–Kier alpha value is -1.88. The SMILES string of the molecule is CC(C)(C)COCCCOC1=CC=C(c2cnc(NC(C)(C)C)cn2)CC1. The summed E-state index contributed by atoms with van der Waals surface area (Å²) in [6.45, 7) is 15.1. The zero-order valence-electron chi connectivity index (χ0n) is 17.8. The van der Waals surface area contributed by atoms with Crippen LogP contribution in [0.4, 0.5) is 5.82 Å². The molecule has 0 amide bonds. The highest BCUT2D eigenvalue weighted by atomic mass is 16.5. The molecule has 0 atom stereocenters. The molecule has 0 aliphatic heterocycles. The van der Waals surface area contributed by atoms with Gasteiger partial charge in [-0.1, -0.05) is 26.8 Å². The number of aromatic nitrogens is 2. The van der Waals surface area contributed by atoms with Crippen molar-refractivity contribution in [1.29, 1.82) is 0 Å². The summed E-state index contributed by atoms with van der Waals surface area (Å²) in [5.74, 6) is 1.84. The molecular weight excluding hydrogens is 338 g/mol. The molecule has 1 heterocycles. The van der Waals surface area contributed by atoms with Crippen LogP contribution in [0.15, 0.2) is 30.3 Å². The molecule has 1 aromatic heterocycles. The van der Waals surface area contributed by atoms with Crippen molar-refractivity contribution in [3.05, 3.63) is 36.0 Å². The lowest BCUT2D eigenvalue weighted by Gasteiger charge is -2.21. The fraction of sp³-hybridized carbons (Fsp3) is 0.636. The van der Waals surface area contributed by atoms with Gasteiger partial charge in [0.05, 0.1) is 37.1 Å². The Morgan fingerprint density at radius 2 is 1.74 bits per heavy atom. The smallest absolute Gasteiger partial charge is 0.144 e. The lowest BCUT2D eigenvalue weighted by atomic mass is 9.99. The molecule has 0 saturated heterocycles. The van der Waals surface area contributed by atoms with Crippen LogP contribution in [0.25, 0.3) is 5.57 Å². The quantitative estimate of drug-likeness (QED) is 0.633. The van der Waals surface area contributed by atoms with Gasteiger partial charge in [0.2, 0.25) is 0 Å². The van der Waals surface area contributed by atoms with E-state index in [0.29, 0.717) is 6.61 Å². The van der Waals surface area contributed by atoms with Crippen LogP contribution in [0, 0.1) is 5.41 Å². The highest BCUT2D eigenvalue weighted by Gasteiger charge is 2.13. The minimum Gasteiger partial charge on any atom is -0.498 e. The monoisotopic (exact) mass is 373 g/mol. The fourth-order valence-corrected chi connectivity index (χ4v) is 2.64. The molecule has 1 aliphatic rings. The number of hydrogen-bond donors (Lipinski definition) is 1. The predicted octanol–water partition coefficient (Wildman–Crippen LogP) is 5.22. The van der Waals surface area contributed by atoms with E-state index in [0.717, 1.165) is 49.7 Å². The van der Waals surface area contributed by atoms with Gasteiger partial charge in [0.1, 0.15) is 5.82 Å². The van der Waals surface area contributed by atoms with Crippen molar-refractivity contribution in [1.82, 2.24) is 9.97 Å². The lowest BCUT2D eigenvalue weighted by Crippen LogP contribution is -2.26. The van der Waals surface area contributed by atoms with Crippen molar-refractivity contribution >= 4 is 11.4 Å². The molecule has 1 aromatic rings. The standard InChI is InChI=1S/C22H35N3O2/c1-21(2,3)16-26-12-7-13-27-18-10-8-17(9-11-18)19-14-24-20(15-23-19)25-22(4,5)6/h8,10,14-15H,7,9,11-13,16H2,1-6H3,(H,24,25). The summed E-state index contributed by atoms with van der Waals surface area (Å²) >= 11 is 0. The Kier molecular flexibility index (Phi) is 7.42. The fourth-order valence-electron chi connectivity index (χ4n) is 2.64. The van der Waals surface area contributed by atoms with Gasteiger partial charge in [-0.3, -0.25) is 4.98 Å². The van der Waals surface area contributed by atoms with Crippen molar-refractivity contribution < 1.29 is 9.47 Å². The first-order valence-corrected chi connectivity index (χ1v) is 9.83. The van der Waals surface area contributed by atoms with Crippen molar-refractivity contribution in [3.63, 3.8) is 0 Å².